The Balaban J connectivity index is 2.45. The third-order valence-electron chi connectivity index (χ3n) is 2.80. The van der Waals surface area contributed by atoms with E-state index in [0.717, 1.165) is 11.9 Å². The number of halogens is 1. The number of rotatable bonds is 3. The van der Waals surface area contributed by atoms with Crippen molar-refractivity contribution < 1.29 is 9.18 Å². The molecule has 0 spiro atoms. The SMILES string of the molecule is CCCNC(=O)c1cc2c(F)cccc2n1C. The summed E-state index contributed by atoms with van der Waals surface area (Å²) in [7, 11) is 1.77. The highest BCUT2D eigenvalue weighted by atomic mass is 19.1. The number of nitrogens with one attached hydrogen (secondary N) is 1. The summed E-state index contributed by atoms with van der Waals surface area (Å²) in [6.45, 7) is 2.62. The molecule has 0 bridgehead atoms. The molecule has 0 fully saturated rings. The van der Waals surface area contributed by atoms with E-state index in [1.54, 1.807) is 29.8 Å². The van der Waals surface area contributed by atoms with Crippen LogP contribution in [0.5, 0.6) is 0 Å². The molecule has 1 N–H and O–H groups in total. The van der Waals surface area contributed by atoms with E-state index in [1.165, 1.54) is 6.07 Å². The highest BCUT2D eigenvalue weighted by molar-refractivity contribution is 5.98. The van der Waals surface area contributed by atoms with Gasteiger partial charge in [0, 0.05) is 19.0 Å². The van der Waals surface area contributed by atoms with Crippen LogP contribution >= 0.6 is 0 Å². The van der Waals surface area contributed by atoms with Crippen molar-refractivity contribution in [3.05, 3.63) is 35.8 Å². The molecule has 0 saturated carbocycles. The topological polar surface area (TPSA) is 34.0 Å². The number of aryl methyl sites for hydroxylation is 1. The summed E-state index contributed by atoms with van der Waals surface area (Å²) in [6, 6.07) is 6.44. The molecule has 0 radical (unpaired) electrons. The Morgan fingerprint density at radius 2 is 2.24 bits per heavy atom. The maximum absolute atomic E-state index is 13.5. The number of nitrogens with zero attached hydrogens (tertiary/aromatic N) is 1. The van der Waals surface area contributed by atoms with Crippen molar-refractivity contribution in [2.45, 2.75) is 13.3 Å². The molecule has 3 nitrogen and oxygen atoms in total. The second kappa shape index (κ2) is 4.57. The van der Waals surface area contributed by atoms with Gasteiger partial charge in [0.1, 0.15) is 11.5 Å². The molecule has 2 aromatic rings. The van der Waals surface area contributed by atoms with Gasteiger partial charge in [-0.25, -0.2) is 4.39 Å². The smallest absolute Gasteiger partial charge is 0.267 e. The molecule has 1 amide bonds. The van der Waals surface area contributed by atoms with Gasteiger partial charge in [0.15, 0.2) is 0 Å². The maximum atomic E-state index is 13.5. The molecule has 0 unspecified atom stereocenters. The van der Waals surface area contributed by atoms with E-state index in [-0.39, 0.29) is 11.7 Å². The minimum Gasteiger partial charge on any atom is -0.351 e. The van der Waals surface area contributed by atoms with Gasteiger partial charge in [0.05, 0.1) is 5.52 Å². The molecule has 0 aliphatic carbocycles. The molecule has 17 heavy (non-hydrogen) atoms. The Kier molecular flexibility index (Phi) is 3.13. The molecular formula is C13H15FN2O. The van der Waals surface area contributed by atoms with Gasteiger partial charge < -0.3 is 9.88 Å². The molecule has 0 aliphatic heterocycles. The summed E-state index contributed by atoms with van der Waals surface area (Å²) in [5, 5.41) is 3.27. The second-order valence-electron chi connectivity index (χ2n) is 4.02. The molecule has 1 aromatic heterocycles. The number of benzene rings is 1. The number of aromatic nitrogens is 1. The van der Waals surface area contributed by atoms with Crippen LogP contribution in [0.4, 0.5) is 4.39 Å². The van der Waals surface area contributed by atoms with E-state index < -0.39 is 0 Å². The van der Waals surface area contributed by atoms with Crippen LogP contribution in [0.15, 0.2) is 24.3 Å². The van der Waals surface area contributed by atoms with Crippen molar-refractivity contribution in [1.29, 1.82) is 0 Å². The van der Waals surface area contributed by atoms with E-state index in [0.29, 0.717) is 17.6 Å². The fourth-order valence-corrected chi connectivity index (χ4v) is 1.87. The predicted octanol–water partition coefficient (Wildman–Crippen LogP) is 2.46. The van der Waals surface area contributed by atoms with Crippen molar-refractivity contribution in [3.63, 3.8) is 0 Å². The largest absolute Gasteiger partial charge is 0.351 e. The lowest BCUT2D eigenvalue weighted by Crippen LogP contribution is -2.25. The molecule has 0 saturated heterocycles. The Bertz CT molecular complexity index is 560. The molecule has 0 aliphatic rings. The van der Waals surface area contributed by atoms with Gasteiger partial charge in [-0.1, -0.05) is 13.0 Å². The molecule has 2 rings (SSSR count). The fraction of sp³-hybridized carbons (Fsp3) is 0.308. The minimum atomic E-state index is -0.298. The minimum absolute atomic E-state index is 0.162. The first kappa shape index (κ1) is 11.6. The van der Waals surface area contributed by atoms with Crippen LogP contribution in [0.2, 0.25) is 0 Å². The number of amides is 1. The summed E-state index contributed by atoms with van der Waals surface area (Å²) in [4.78, 5) is 11.9. The lowest BCUT2D eigenvalue weighted by atomic mass is 10.2. The number of hydrogen-bond donors (Lipinski definition) is 1. The van der Waals surface area contributed by atoms with Crippen LogP contribution in [0.25, 0.3) is 10.9 Å². The summed E-state index contributed by atoms with van der Waals surface area (Å²) >= 11 is 0. The Hall–Kier alpha value is -1.84. The Labute approximate surface area is 99.2 Å². The summed E-state index contributed by atoms with van der Waals surface area (Å²) < 4.78 is 15.3. The van der Waals surface area contributed by atoms with E-state index in [1.807, 2.05) is 6.92 Å². The standard InChI is InChI=1S/C13H15FN2O/c1-3-7-15-13(17)12-8-9-10(14)5-4-6-11(9)16(12)2/h4-6,8H,3,7H2,1-2H3,(H,15,17). The number of fused-ring (bicyclic) bond motifs is 1. The van der Waals surface area contributed by atoms with Gasteiger partial charge in [0.25, 0.3) is 5.91 Å². The van der Waals surface area contributed by atoms with Gasteiger partial charge in [-0.2, -0.15) is 0 Å². The first-order valence-corrected chi connectivity index (χ1v) is 5.67. The monoisotopic (exact) mass is 234 g/mol. The third kappa shape index (κ3) is 2.02. The molecular weight excluding hydrogens is 219 g/mol. The van der Waals surface area contributed by atoms with Crippen LogP contribution in [-0.2, 0) is 7.05 Å². The van der Waals surface area contributed by atoms with Gasteiger partial charge in [-0.3, -0.25) is 4.79 Å². The number of hydrogen-bond acceptors (Lipinski definition) is 1. The number of carbonyl (C=O) groups is 1. The van der Waals surface area contributed by atoms with Crippen molar-refractivity contribution in [2.24, 2.45) is 7.05 Å². The van der Waals surface area contributed by atoms with Crippen LogP contribution < -0.4 is 5.32 Å². The molecule has 90 valence electrons. The zero-order valence-electron chi connectivity index (χ0n) is 9.96. The average molecular weight is 234 g/mol. The highest BCUT2D eigenvalue weighted by Crippen LogP contribution is 2.21. The average Bonchev–Trinajstić information content (AvgIpc) is 2.66. The Morgan fingerprint density at radius 3 is 2.88 bits per heavy atom. The maximum Gasteiger partial charge on any atom is 0.267 e. The van der Waals surface area contributed by atoms with Crippen molar-refractivity contribution in [1.82, 2.24) is 9.88 Å². The first-order valence-electron chi connectivity index (χ1n) is 5.67. The predicted molar refractivity (Wildman–Crippen MR) is 65.5 cm³/mol. The van der Waals surface area contributed by atoms with Crippen LogP contribution in [0.1, 0.15) is 23.8 Å². The van der Waals surface area contributed by atoms with Gasteiger partial charge in [0.2, 0.25) is 0 Å². The van der Waals surface area contributed by atoms with E-state index in [4.69, 9.17) is 0 Å². The van der Waals surface area contributed by atoms with Gasteiger partial charge in [-0.05, 0) is 24.6 Å². The van der Waals surface area contributed by atoms with E-state index in [2.05, 4.69) is 5.32 Å². The number of carbonyl (C=O) groups excluding carboxylic acids is 1. The van der Waals surface area contributed by atoms with Crippen molar-refractivity contribution in [3.8, 4) is 0 Å². The van der Waals surface area contributed by atoms with Crippen LogP contribution in [0, 0.1) is 5.82 Å². The van der Waals surface area contributed by atoms with Crippen LogP contribution in [-0.4, -0.2) is 17.0 Å². The zero-order chi connectivity index (χ0) is 12.4. The van der Waals surface area contributed by atoms with E-state index >= 15 is 0 Å². The zero-order valence-corrected chi connectivity index (χ0v) is 9.96. The van der Waals surface area contributed by atoms with Gasteiger partial charge >= 0.3 is 0 Å². The second-order valence-corrected chi connectivity index (χ2v) is 4.02. The lowest BCUT2D eigenvalue weighted by molar-refractivity contribution is 0.0946. The lowest BCUT2D eigenvalue weighted by Gasteiger charge is -2.04. The first-order chi connectivity index (χ1) is 8.15. The molecule has 1 aromatic carbocycles. The fourth-order valence-electron chi connectivity index (χ4n) is 1.87. The molecule has 4 heteroatoms. The molecule has 1 heterocycles. The quantitative estimate of drug-likeness (QED) is 0.869. The van der Waals surface area contributed by atoms with Gasteiger partial charge in [-0.15, -0.1) is 0 Å². The van der Waals surface area contributed by atoms with Crippen molar-refractivity contribution >= 4 is 16.8 Å². The molecule has 0 atom stereocenters. The normalized spacial score (nSPS) is 10.8. The van der Waals surface area contributed by atoms with Crippen LogP contribution in [0.3, 0.4) is 0 Å². The van der Waals surface area contributed by atoms with E-state index in [9.17, 15) is 9.18 Å². The third-order valence-corrected chi connectivity index (χ3v) is 2.80. The summed E-state index contributed by atoms with van der Waals surface area (Å²) in [6.07, 6.45) is 0.879. The highest BCUT2D eigenvalue weighted by Gasteiger charge is 2.14. The Morgan fingerprint density at radius 1 is 1.47 bits per heavy atom. The summed E-state index contributed by atoms with van der Waals surface area (Å²) in [5.41, 5.74) is 1.21. The van der Waals surface area contributed by atoms with Crippen molar-refractivity contribution in [2.75, 3.05) is 6.54 Å². The summed E-state index contributed by atoms with van der Waals surface area (Å²) in [5.74, 6) is -0.461.